The Balaban J connectivity index is 2.98. The van der Waals surface area contributed by atoms with Crippen LogP contribution in [-0.4, -0.2) is 40.2 Å². The minimum atomic E-state index is -0.934. The Morgan fingerprint density at radius 2 is 1.44 bits per heavy atom. The molecule has 4 heteroatoms. The molecule has 4 nitrogen and oxygen atoms in total. The molecule has 0 saturated heterocycles. The Hall–Kier alpha value is -1.10. The summed E-state index contributed by atoms with van der Waals surface area (Å²) < 4.78 is 0. The van der Waals surface area contributed by atoms with E-state index in [9.17, 15) is 15.3 Å². The summed E-state index contributed by atoms with van der Waals surface area (Å²) in [5, 5.41) is 37.0. The van der Waals surface area contributed by atoms with Gasteiger partial charge >= 0.3 is 0 Å². The number of hydrogen-bond donors (Lipinski definition) is 4. The highest BCUT2D eigenvalue weighted by atomic mass is 16.3. The molecule has 1 rings (SSSR count). The molecule has 0 aliphatic rings. The molecule has 4 N–H and O–H groups in total. The molecule has 0 radical (unpaired) electrons. The minimum absolute atomic E-state index is 0.165. The van der Waals surface area contributed by atoms with Gasteiger partial charge < -0.3 is 20.4 Å². The van der Waals surface area contributed by atoms with Crippen LogP contribution in [0.4, 0.5) is 0 Å². The summed E-state index contributed by atoms with van der Waals surface area (Å²) in [7, 11) is 0. The molecular weight excluding hydrogens is 208 g/mol. The summed E-state index contributed by atoms with van der Waals surface area (Å²) in [6, 6.07) is 6.52. The fourth-order valence-corrected chi connectivity index (χ4v) is 1.68. The Kier molecular flexibility index (Phi) is 4.29. The summed E-state index contributed by atoms with van der Waals surface area (Å²) in [6.45, 7) is 0.959. The van der Waals surface area contributed by atoms with Crippen LogP contribution in [0.5, 0.6) is 5.75 Å². The molecule has 0 aliphatic heterocycles. The van der Waals surface area contributed by atoms with Crippen molar-refractivity contribution in [1.82, 2.24) is 0 Å². The van der Waals surface area contributed by atoms with E-state index in [4.69, 9.17) is 5.11 Å². The van der Waals surface area contributed by atoms with Crippen molar-refractivity contribution in [3.8, 4) is 5.75 Å². The predicted octanol–water partition coefficient (Wildman–Crippen LogP) is 0.459. The van der Waals surface area contributed by atoms with Crippen LogP contribution in [0, 0.1) is 5.41 Å². The molecule has 0 aliphatic carbocycles. The van der Waals surface area contributed by atoms with Crippen molar-refractivity contribution in [3.63, 3.8) is 0 Å². The van der Waals surface area contributed by atoms with Gasteiger partial charge in [-0.1, -0.05) is 19.1 Å². The highest BCUT2D eigenvalue weighted by molar-refractivity contribution is 5.29. The Morgan fingerprint density at radius 1 is 1.00 bits per heavy atom. The first-order chi connectivity index (χ1) is 7.59. The average molecular weight is 226 g/mol. The summed E-state index contributed by atoms with van der Waals surface area (Å²) in [5.74, 6) is -0.0355. The van der Waals surface area contributed by atoms with Crippen LogP contribution in [0.15, 0.2) is 24.3 Å². The van der Waals surface area contributed by atoms with Crippen molar-refractivity contribution in [1.29, 1.82) is 0 Å². The van der Waals surface area contributed by atoms with Gasteiger partial charge in [0.15, 0.2) is 0 Å². The number of rotatable bonds is 5. The van der Waals surface area contributed by atoms with E-state index in [0.29, 0.717) is 0 Å². The average Bonchev–Trinajstić information content (AvgIpc) is 2.33. The van der Waals surface area contributed by atoms with Crippen LogP contribution in [0.1, 0.15) is 18.4 Å². The van der Waals surface area contributed by atoms with Crippen LogP contribution in [0.3, 0.4) is 0 Å². The van der Waals surface area contributed by atoms with E-state index in [2.05, 4.69) is 0 Å². The van der Waals surface area contributed by atoms with Crippen molar-refractivity contribution >= 4 is 0 Å². The molecule has 0 saturated carbocycles. The van der Waals surface area contributed by atoms with Gasteiger partial charge in [0.1, 0.15) is 5.75 Å². The van der Waals surface area contributed by atoms with Gasteiger partial charge in [-0.25, -0.2) is 0 Å². The second-order valence-corrected chi connectivity index (χ2v) is 4.15. The third kappa shape index (κ3) is 2.35. The highest BCUT2D eigenvalue weighted by Crippen LogP contribution is 2.35. The zero-order chi connectivity index (χ0) is 12.2. The van der Waals surface area contributed by atoms with Gasteiger partial charge in [0.05, 0.1) is 19.8 Å². The van der Waals surface area contributed by atoms with E-state index in [0.717, 1.165) is 5.56 Å². The number of benzene rings is 1. The zero-order valence-corrected chi connectivity index (χ0v) is 9.30. The first-order valence-electron chi connectivity index (χ1n) is 5.21. The molecule has 0 bridgehead atoms. The summed E-state index contributed by atoms with van der Waals surface area (Å²) in [6.07, 6.45) is 0. The van der Waals surface area contributed by atoms with Gasteiger partial charge in [-0.3, -0.25) is 0 Å². The summed E-state index contributed by atoms with van der Waals surface area (Å²) >= 11 is 0. The smallest absolute Gasteiger partial charge is 0.115 e. The predicted molar refractivity (Wildman–Crippen MR) is 60.2 cm³/mol. The SMILES string of the molecule is CC(c1ccc(O)cc1)C(CO)(CO)CO. The molecule has 1 aromatic rings. The lowest BCUT2D eigenvalue weighted by atomic mass is 9.74. The van der Waals surface area contributed by atoms with Crippen LogP contribution in [0.25, 0.3) is 0 Å². The topological polar surface area (TPSA) is 80.9 Å². The normalized spacial score (nSPS) is 13.8. The van der Waals surface area contributed by atoms with Gasteiger partial charge in [0.2, 0.25) is 0 Å². The first kappa shape index (κ1) is 13.0. The summed E-state index contributed by atoms with van der Waals surface area (Å²) in [5.41, 5.74) is -0.0771. The van der Waals surface area contributed by atoms with Crippen molar-refractivity contribution in [3.05, 3.63) is 29.8 Å². The first-order valence-corrected chi connectivity index (χ1v) is 5.21. The highest BCUT2D eigenvalue weighted by Gasteiger charge is 2.35. The molecule has 0 spiro atoms. The lowest BCUT2D eigenvalue weighted by Gasteiger charge is -2.34. The zero-order valence-electron chi connectivity index (χ0n) is 9.30. The number of aromatic hydroxyl groups is 1. The van der Waals surface area contributed by atoms with Crippen LogP contribution in [0.2, 0.25) is 0 Å². The molecule has 0 heterocycles. The standard InChI is InChI=1S/C12H18O4/c1-9(12(6-13,7-14)8-15)10-2-4-11(16)5-3-10/h2-5,9,13-16H,6-8H2,1H3. The van der Waals surface area contributed by atoms with Gasteiger partial charge in [-0.2, -0.15) is 0 Å². The van der Waals surface area contributed by atoms with Crippen LogP contribution < -0.4 is 0 Å². The molecule has 1 aromatic carbocycles. The van der Waals surface area contributed by atoms with Crippen molar-refractivity contribution in [2.24, 2.45) is 5.41 Å². The van der Waals surface area contributed by atoms with E-state index in [1.807, 2.05) is 6.92 Å². The van der Waals surface area contributed by atoms with E-state index in [1.165, 1.54) is 0 Å². The van der Waals surface area contributed by atoms with Gasteiger partial charge in [0.25, 0.3) is 0 Å². The second kappa shape index (κ2) is 5.30. The van der Waals surface area contributed by atoms with Gasteiger partial charge in [0, 0.05) is 5.41 Å². The third-order valence-electron chi connectivity index (χ3n) is 3.26. The maximum Gasteiger partial charge on any atom is 0.115 e. The number of phenols is 1. The number of aliphatic hydroxyl groups excluding tert-OH is 3. The molecule has 0 aromatic heterocycles. The quantitative estimate of drug-likeness (QED) is 0.588. The number of hydrogen-bond acceptors (Lipinski definition) is 4. The maximum absolute atomic E-state index is 9.29. The number of phenolic OH excluding ortho intramolecular Hbond substituents is 1. The number of aliphatic hydroxyl groups is 3. The van der Waals surface area contributed by atoms with E-state index in [1.54, 1.807) is 24.3 Å². The molecular formula is C12H18O4. The lowest BCUT2D eigenvalue weighted by Crippen LogP contribution is -2.39. The van der Waals surface area contributed by atoms with Crippen LogP contribution in [-0.2, 0) is 0 Å². The van der Waals surface area contributed by atoms with Gasteiger partial charge in [-0.15, -0.1) is 0 Å². The molecule has 0 fully saturated rings. The molecule has 90 valence electrons. The molecule has 1 unspecified atom stereocenters. The van der Waals surface area contributed by atoms with Crippen molar-refractivity contribution in [2.45, 2.75) is 12.8 Å². The van der Waals surface area contributed by atoms with E-state index in [-0.39, 0.29) is 31.5 Å². The lowest BCUT2D eigenvalue weighted by molar-refractivity contribution is -0.0111. The molecule has 0 amide bonds. The van der Waals surface area contributed by atoms with Crippen LogP contribution >= 0.6 is 0 Å². The van der Waals surface area contributed by atoms with Crippen molar-refractivity contribution in [2.75, 3.05) is 19.8 Å². The van der Waals surface area contributed by atoms with E-state index >= 15 is 0 Å². The minimum Gasteiger partial charge on any atom is -0.508 e. The molecule has 1 atom stereocenters. The Labute approximate surface area is 94.8 Å². The fourth-order valence-electron chi connectivity index (χ4n) is 1.68. The van der Waals surface area contributed by atoms with E-state index < -0.39 is 5.41 Å². The molecule has 16 heavy (non-hydrogen) atoms. The largest absolute Gasteiger partial charge is 0.508 e. The summed E-state index contributed by atoms with van der Waals surface area (Å²) in [4.78, 5) is 0. The third-order valence-corrected chi connectivity index (χ3v) is 3.26. The van der Waals surface area contributed by atoms with Gasteiger partial charge in [-0.05, 0) is 23.6 Å². The maximum atomic E-state index is 9.29. The Morgan fingerprint density at radius 3 is 1.81 bits per heavy atom. The second-order valence-electron chi connectivity index (χ2n) is 4.15. The Bertz CT molecular complexity index is 308. The monoisotopic (exact) mass is 226 g/mol. The van der Waals surface area contributed by atoms with Crippen molar-refractivity contribution < 1.29 is 20.4 Å². The fraction of sp³-hybridized carbons (Fsp3) is 0.500.